The predicted octanol–water partition coefficient (Wildman–Crippen LogP) is 3.39. The molecule has 0 aliphatic heterocycles. The van der Waals surface area contributed by atoms with Gasteiger partial charge in [0.25, 0.3) is 11.4 Å². The van der Waals surface area contributed by atoms with Gasteiger partial charge in [0.2, 0.25) is 0 Å². The highest BCUT2D eigenvalue weighted by Crippen LogP contribution is 2.27. The number of nitro groups is 2. The van der Waals surface area contributed by atoms with Crippen LogP contribution >= 0.6 is 0 Å². The molecule has 108 valence electrons. The summed E-state index contributed by atoms with van der Waals surface area (Å²) in [6.45, 7) is 1.79. The van der Waals surface area contributed by atoms with Crippen LogP contribution in [-0.4, -0.2) is 9.85 Å². The third-order valence-electron chi connectivity index (χ3n) is 2.99. The number of hydrogen-bond donors (Lipinski definition) is 0. The molecular formula is C14H12N2O5. The summed E-state index contributed by atoms with van der Waals surface area (Å²) in [4.78, 5) is 20.4. The van der Waals surface area contributed by atoms with Crippen LogP contribution in [0.3, 0.4) is 0 Å². The number of non-ortho nitro benzene ring substituents is 1. The van der Waals surface area contributed by atoms with Crippen molar-refractivity contribution in [1.29, 1.82) is 0 Å². The number of ether oxygens (including phenoxy) is 1. The van der Waals surface area contributed by atoms with Crippen molar-refractivity contribution in [2.24, 2.45) is 0 Å². The number of benzene rings is 2. The summed E-state index contributed by atoms with van der Waals surface area (Å²) >= 11 is 0. The molecule has 0 fully saturated rings. The Balaban J connectivity index is 2.11. The Morgan fingerprint density at radius 3 is 2.24 bits per heavy atom. The van der Waals surface area contributed by atoms with Crippen molar-refractivity contribution in [2.75, 3.05) is 0 Å². The Hall–Kier alpha value is -2.96. The van der Waals surface area contributed by atoms with E-state index in [2.05, 4.69) is 0 Å². The van der Waals surface area contributed by atoms with Crippen LogP contribution in [0, 0.1) is 27.2 Å². The van der Waals surface area contributed by atoms with Gasteiger partial charge < -0.3 is 4.74 Å². The van der Waals surface area contributed by atoms with Crippen molar-refractivity contribution in [3.05, 3.63) is 73.8 Å². The van der Waals surface area contributed by atoms with E-state index in [9.17, 15) is 20.2 Å². The lowest BCUT2D eigenvalue weighted by molar-refractivity contribution is -0.385. The van der Waals surface area contributed by atoms with Crippen molar-refractivity contribution in [3.63, 3.8) is 0 Å². The van der Waals surface area contributed by atoms with Gasteiger partial charge >= 0.3 is 0 Å². The van der Waals surface area contributed by atoms with E-state index in [-0.39, 0.29) is 18.0 Å². The van der Waals surface area contributed by atoms with Gasteiger partial charge in [0, 0.05) is 18.2 Å². The van der Waals surface area contributed by atoms with Gasteiger partial charge in [-0.15, -0.1) is 0 Å². The standard InChI is InChI=1S/C14H12N2O5/c1-10-13(16(19)20)3-2-4-14(10)21-9-11-5-7-12(8-6-11)15(17)18/h2-8H,9H2,1H3. The fourth-order valence-electron chi connectivity index (χ4n) is 1.83. The smallest absolute Gasteiger partial charge is 0.276 e. The zero-order valence-electron chi connectivity index (χ0n) is 11.2. The maximum atomic E-state index is 10.8. The molecule has 7 heteroatoms. The number of nitrogens with zero attached hydrogens (tertiary/aromatic N) is 2. The SMILES string of the molecule is Cc1c(OCc2ccc([N+](=O)[O-])cc2)cccc1[N+](=O)[O-]. The molecule has 0 saturated heterocycles. The average Bonchev–Trinajstić information content (AvgIpc) is 2.46. The van der Waals surface area contributed by atoms with Crippen LogP contribution in [0.4, 0.5) is 11.4 Å². The maximum absolute atomic E-state index is 10.8. The predicted molar refractivity (Wildman–Crippen MR) is 75.3 cm³/mol. The Labute approximate surface area is 120 Å². The van der Waals surface area contributed by atoms with E-state index in [1.807, 2.05) is 0 Å². The molecule has 2 aromatic rings. The van der Waals surface area contributed by atoms with Gasteiger partial charge in [-0.05, 0) is 30.7 Å². The van der Waals surface area contributed by atoms with E-state index in [1.54, 1.807) is 31.2 Å². The van der Waals surface area contributed by atoms with Gasteiger partial charge in [-0.1, -0.05) is 6.07 Å². The van der Waals surface area contributed by atoms with Crippen LogP contribution in [0.15, 0.2) is 42.5 Å². The molecule has 0 unspecified atom stereocenters. The molecule has 7 nitrogen and oxygen atoms in total. The minimum absolute atomic E-state index is 0.00352. The number of nitro benzene ring substituents is 2. The zero-order valence-corrected chi connectivity index (χ0v) is 11.2. The molecule has 0 aliphatic rings. The molecule has 0 radical (unpaired) electrons. The molecule has 0 amide bonds. The Kier molecular flexibility index (Phi) is 4.13. The third-order valence-corrected chi connectivity index (χ3v) is 2.99. The molecule has 0 N–H and O–H groups in total. The van der Waals surface area contributed by atoms with E-state index in [1.165, 1.54) is 18.2 Å². The molecule has 0 spiro atoms. The van der Waals surface area contributed by atoms with Crippen LogP contribution in [-0.2, 0) is 6.61 Å². The highest BCUT2D eigenvalue weighted by atomic mass is 16.6. The number of rotatable bonds is 5. The zero-order chi connectivity index (χ0) is 15.4. The van der Waals surface area contributed by atoms with Crippen molar-refractivity contribution in [2.45, 2.75) is 13.5 Å². The Bertz CT molecular complexity index is 682. The molecule has 2 rings (SSSR count). The van der Waals surface area contributed by atoms with Gasteiger partial charge in [-0.25, -0.2) is 0 Å². The van der Waals surface area contributed by atoms with Gasteiger partial charge in [-0.3, -0.25) is 20.2 Å². The first-order valence-corrected chi connectivity index (χ1v) is 6.09. The Morgan fingerprint density at radius 2 is 1.67 bits per heavy atom. The molecule has 0 bridgehead atoms. The van der Waals surface area contributed by atoms with Crippen molar-refractivity contribution in [1.82, 2.24) is 0 Å². The van der Waals surface area contributed by atoms with Crippen LogP contribution in [0.2, 0.25) is 0 Å². The minimum Gasteiger partial charge on any atom is -0.488 e. The summed E-state index contributed by atoms with van der Waals surface area (Å²) in [6, 6.07) is 10.6. The second kappa shape index (κ2) is 6.00. The molecule has 0 aromatic heterocycles. The summed E-state index contributed by atoms with van der Waals surface area (Å²) in [5.41, 5.74) is 1.19. The molecule has 0 heterocycles. The van der Waals surface area contributed by atoms with E-state index >= 15 is 0 Å². The van der Waals surface area contributed by atoms with E-state index in [0.29, 0.717) is 11.3 Å². The molecule has 21 heavy (non-hydrogen) atoms. The maximum Gasteiger partial charge on any atom is 0.276 e. The van der Waals surface area contributed by atoms with Gasteiger partial charge in [0.15, 0.2) is 0 Å². The Morgan fingerprint density at radius 1 is 1.00 bits per heavy atom. The first-order chi connectivity index (χ1) is 9.99. The second-order valence-corrected chi connectivity index (χ2v) is 4.37. The monoisotopic (exact) mass is 288 g/mol. The summed E-state index contributed by atoms with van der Waals surface area (Å²) in [7, 11) is 0. The van der Waals surface area contributed by atoms with Crippen LogP contribution in [0.1, 0.15) is 11.1 Å². The van der Waals surface area contributed by atoms with E-state index < -0.39 is 9.85 Å². The van der Waals surface area contributed by atoms with Crippen LogP contribution < -0.4 is 4.74 Å². The summed E-state index contributed by atoms with van der Waals surface area (Å²) < 4.78 is 5.54. The first kappa shape index (κ1) is 14.4. The summed E-state index contributed by atoms with van der Waals surface area (Å²) in [5, 5.41) is 21.4. The quantitative estimate of drug-likeness (QED) is 0.620. The molecule has 2 aromatic carbocycles. The molecule has 0 atom stereocenters. The van der Waals surface area contributed by atoms with Crippen molar-refractivity contribution < 1.29 is 14.6 Å². The summed E-state index contributed by atoms with van der Waals surface area (Å²) in [6.07, 6.45) is 0. The van der Waals surface area contributed by atoms with Crippen molar-refractivity contribution >= 4 is 11.4 Å². The average molecular weight is 288 g/mol. The molecule has 0 saturated carbocycles. The first-order valence-electron chi connectivity index (χ1n) is 6.09. The second-order valence-electron chi connectivity index (χ2n) is 4.37. The van der Waals surface area contributed by atoms with Gasteiger partial charge in [0.1, 0.15) is 12.4 Å². The van der Waals surface area contributed by atoms with Crippen molar-refractivity contribution in [3.8, 4) is 5.75 Å². The van der Waals surface area contributed by atoms with Gasteiger partial charge in [-0.2, -0.15) is 0 Å². The highest BCUT2D eigenvalue weighted by Gasteiger charge is 2.14. The summed E-state index contributed by atoms with van der Waals surface area (Å²) in [5.74, 6) is 0.419. The minimum atomic E-state index is -0.477. The normalized spacial score (nSPS) is 10.1. The number of hydrogen-bond acceptors (Lipinski definition) is 5. The lowest BCUT2D eigenvalue weighted by Crippen LogP contribution is -1.99. The van der Waals surface area contributed by atoms with Crippen LogP contribution in [0.25, 0.3) is 0 Å². The highest BCUT2D eigenvalue weighted by molar-refractivity contribution is 5.48. The lowest BCUT2D eigenvalue weighted by atomic mass is 10.2. The van der Waals surface area contributed by atoms with Gasteiger partial charge in [0.05, 0.1) is 15.4 Å². The lowest BCUT2D eigenvalue weighted by Gasteiger charge is -2.09. The van der Waals surface area contributed by atoms with Crippen LogP contribution in [0.5, 0.6) is 5.75 Å². The fraction of sp³-hybridized carbons (Fsp3) is 0.143. The third kappa shape index (κ3) is 3.33. The molecular weight excluding hydrogens is 276 g/mol. The fourth-order valence-corrected chi connectivity index (χ4v) is 1.83. The van der Waals surface area contributed by atoms with E-state index in [0.717, 1.165) is 5.56 Å². The van der Waals surface area contributed by atoms with E-state index in [4.69, 9.17) is 4.74 Å². The topological polar surface area (TPSA) is 95.5 Å². The molecule has 0 aliphatic carbocycles. The largest absolute Gasteiger partial charge is 0.488 e.